The molecule has 0 unspecified atom stereocenters. The van der Waals surface area contributed by atoms with Gasteiger partial charge in [0, 0.05) is 73.9 Å². The molecule has 4 heterocycles. The number of alkyl halides is 3. The number of carbonyl (C=O) groups excluding carboxylic acids is 10. The number of likely N-dealkylation sites (N-methyl/N-ethyl adjacent to an activating group) is 5. The number of ether oxygens (including phenoxy) is 2. The lowest BCUT2D eigenvalue weighted by atomic mass is 9.84. The lowest BCUT2D eigenvalue weighted by Crippen LogP contribution is -2.65. The van der Waals surface area contributed by atoms with Gasteiger partial charge in [-0.2, -0.15) is 13.2 Å². The normalized spacial score (nSPS) is 28.5. The Bertz CT molecular complexity index is 3200. The van der Waals surface area contributed by atoms with E-state index in [2.05, 4.69) is 26.2 Å². The molecule has 4 saturated heterocycles. The van der Waals surface area contributed by atoms with Crippen LogP contribution in [0.5, 0.6) is 0 Å². The summed E-state index contributed by atoms with van der Waals surface area (Å²) in [6.07, 6.45) is 10.1. The van der Waals surface area contributed by atoms with E-state index in [1.54, 1.807) is 21.1 Å². The molecule has 1 spiro atoms. The van der Waals surface area contributed by atoms with Crippen molar-refractivity contribution in [3.8, 4) is 0 Å². The lowest BCUT2D eigenvalue weighted by molar-refractivity contribution is -0.158. The van der Waals surface area contributed by atoms with Crippen molar-refractivity contribution in [1.29, 1.82) is 0 Å². The molecule has 10 amide bonds. The molecule has 4 N–H and O–H groups in total. The predicted octanol–water partition coefficient (Wildman–Crippen LogP) is 6.79. The quantitative estimate of drug-likeness (QED) is 0.148. The van der Waals surface area contributed by atoms with Gasteiger partial charge in [-0.05, 0) is 138 Å². The first-order valence-corrected chi connectivity index (χ1v) is 38.5. The lowest BCUT2D eigenvalue weighted by Gasteiger charge is -2.44. The molecule has 9 atom stereocenters. The summed E-state index contributed by atoms with van der Waals surface area (Å²) < 4.78 is 53.7. The van der Waals surface area contributed by atoms with E-state index in [9.17, 15) is 32.3 Å². The first-order valence-electron chi connectivity index (χ1n) is 38.1. The second-order valence-corrected chi connectivity index (χ2v) is 31.2. The Morgan fingerprint density at radius 2 is 1.34 bits per heavy atom. The van der Waals surface area contributed by atoms with E-state index in [1.807, 2.05) is 18.7 Å². The maximum absolute atomic E-state index is 15.7. The minimum atomic E-state index is -4.69. The molecule has 8 fully saturated rings. The van der Waals surface area contributed by atoms with Gasteiger partial charge >= 0.3 is 6.18 Å². The maximum Gasteiger partial charge on any atom is 0.417 e. The Kier molecular flexibility index (Phi) is 28.8. The van der Waals surface area contributed by atoms with Crippen molar-refractivity contribution in [3.63, 3.8) is 0 Å². The number of nitrogens with zero attached hydrogens (tertiary/aromatic N) is 8. The van der Waals surface area contributed by atoms with Gasteiger partial charge in [-0.15, -0.1) is 0 Å². The van der Waals surface area contributed by atoms with Crippen molar-refractivity contribution >= 4 is 70.7 Å². The van der Waals surface area contributed by atoms with Crippen molar-refractivity contribution in [3.05, 3.63) is 45.6 Å². The van der Waals surface area contributed by atoms with Gasteiger partial charge in [-0.3, -0.25) is 57.7 Å². The van der Waals surface area contributed by atoms with Gasteiger partial charge in [-0.25, -0.2) is 0 Å². The molecular formula is C75H114ClF3N12O12. The third-order valence-corrected chi connectivity index (χ3v) is 23.9. The number of allylic oxidation sites excluding steroid dienone is 1. The zero-order chi connectivity index (χ0) is 74.4. The summed E-state index contributed by atoms with van der Waals surface area (Å²) in [6.45, 7) is 7.75. The molecule has 0 radical (unpaired) electrons. The fourth-order valence-corrected chi connectivity index (χ4v) is 17.2. The van der Waals surface area contributed by atoms with Crippen molar-refractivity contribution in [1.82, 2.24) is 60.5 Å². The molecule has 1 aromatic rings. The Hall–Kier alpha value is -6.42. The summed E-state index contributed by atoms with van der Waals surface area (Å²) in [5.41, 5.74) is -1.05. The van der Waals surface area contributed by atoms with Gasteiger partial charge in [0.15, 0.2) is 0 Å². The SMILES string of the molecule is CC[C@H](C)[C@@H]1NC(=O)[C@H](CC2CCCC2)N(C)C(=O)C[C@@H](COCN2CCOCC2)N(C)C(=O)C(=C2CCCC2)N(C)C(=O)C2(CCCC2)NC(=O)[C@@H]2CCCN2C[C@H](CCc2ccc(C(F)(F)F)c(Cl)c2)NC(=O)CN(C)C(=O)[C@H](CC2CCCCC2)N(C)C(=O)[C@@H]2CCN2C(=O)[C@H](C)NC1=O. The number of hydrogen-bond donors (Lipinski definition) is 4. The van der Waals surface area contributed by atoms with Crippen LogP contribution in [-0.2, 0) is 70.0 Å². The van der Waals surface area contributed by atoms with Crippen LogP contribution >= 0.6 is 11.6 Å². The second-order valence-electron chi connectivity index (χ2n) is 30.8. The molecule has 4 aliphatic heterocycles. The van der Waals surface area contributed by atoms with Crippen LogP contribution in [0.15, 0.2) is 29.5 Å². The van der Waals surface area contributed by atoms with Gasteiger partial charge < -0.3 is 60.1 Å². The van der Waals surface area contributed by atoms with Gasteiger partial charge in [-0.1, -0.05) is 109 Å². The minimum absolute atomic E-state index is 0.0794. The highest BCUT2D eigenvalue weighted by molar-refractivity contribution is 6.31. The van der Waals surface area contributed by atoms with Crippen molar-refractivity contribution in [2.75, 3.05) is 101 Å². The van der Waals surface area contributed by atoms with E-state index in [0.29, 0.717) is 96.2 Å². The van der Waals surface area contributed by atoms with Crippen LogP contribution in [0, 0.1) is 17.8 Å². The smallest absolute Gasteiger partial charge is 0.379 e. The number of fused-ring (bicyclic) bond motifs is 2. The molecule has 0 bridgehead atoms. The first-order chi connectivity index (χ1) is 49.1. The largest absolute Gasteiger partial charge is 0.417 e. The van der Waals surface area contributed by atoms with E-state index in [4.69, 9.17) is 21.1 Å². The highest BCUT2D eigenvalue weighted by Crippen LogP contribution is 2.39. The van der Waals surface area contributed by atoms with Gasteiger partial charge in [0.1, 0.15) is 41.4 Å². The number of benzene rings is 1. The number of hydrogen-bond acceptors (Lipinski definition) is 14. The van der Waals surface area contributed by atoms with E-state index < -0.39 is 142 Å². The number of nitrogens with one attached hydrogen (secondary N) is 4. The van der Waals surface area contributed by atoms with Crippen LogP contribution in [-0.4, -0.2) is 253 Å². The number of halogens is 4. The van der Waals surface area contributed by atoms with Crippen LogP contribution in [0.3, 0.4) is 0 Å². The molecule has 574 valence electrons. The Balaban J connectivity index is 1.06. The Morgan fingerprint density at radius 1 is 0.689 bits per heavy atom. The predicted molar refractivity (Wildman–Crippen MR) is 381 cm³/mol. The highest BCUT2D eigenvalue weighted by Gasteiger charge is 2.50. The summed E-state index contributed by atoms with van der Waals surface area (Å²) in [6, 6.07) is -4.36. The van der Waals surface area contributed by atoms with E-state index in [-0.39, 0.29) is 82.5 Å². The molecule has 9 rings (SSSR count). The van der Waals surface area contributed by atoms with Crippen LogP contribution in [0.1, 0.15) is 192 Å². The van der Waals surface area contributed by atoms with E-state index in [1.165, 1.54) is 62.6 Å². The number of rotatable bonds is 13. The average molecular weight is 1470 g/mol. The average Bonchev–Trinajstić information content (AvgIpc) is 1.48. The topological polar surface area (TPSA) is 263 Å². The zero-order valence-electron chi connectivity index (χ0n) is 62.0. The number of amides is 10. The Labute approximate surface area is 611 Å². The van der Waals surface area contributed by atoms with Crippen LogP contribution < -0.4 is 21.3 Å². The minimum Gasteiger partial charge on any atom is -0.379 e. The van der Waals surface area contributed by atoms with Gasteiger partial charge in [0.2, 0.25) is 47.3 Å². The molecule has 1 aromatic carbocycles. The highest BCUT2D eigenvalue weighted by atomic mass is 35.5. The third-order valence-electron chi connectivity index (χ3n) is 23.6. The van der Waals surface area contributed by atoms with Crippen LogP contribution in [0.25, 0.3) is 0 Å². The van der Waals surface area contributed by atoms with Gasteiger partial charge in [0.25, 0.3) is 11.8 Å². The van der Waals surface area contributed by atoms with Crippen LogP contribution in [0.4, 0.5) is 13.2 Å². The summed E-state index contributed by atoms with van der Waals surface area (Å²) in [4.78, 5) is 163. The molecule has 24 nitrogen and oxygen atoms in total. The molecule has 28 heteroatoms. The van der Waals surface area contributed by atoms with E-state index >= 15 is 28.8 Å². The summed E-state index contributed by atoms with van der Waals surface area (Å²) in [5, 5.41) is 11.7. The molecule has 0 aromatic heterocycles. The summed E-state index contributed by atoms with van der Waals surface area (Å²) >= 11 is 6.22. The fraction of sp³-hybridized carbons (Fsp3) is 0.760. The molecule has 4 aliphatic carbocycles. The maximum atomic E-state index is 15.7. The number of morpholine rings is 1. The molecule has 8 aliphatic rings. The number of aryl methyl sites for hydroxylation is 1. The molecule has 4 saturated carbocycles. The van der Waals surface area contributed by atoms with E-state index in [0.717, 1.165) is 82.3 Å². The second kappa shape index (κ2) is 36.7. The summed E-state index contributed by atoms with van der Waals surface area (Å²) in [7, 11) is 7.74. The standard InChI is InChI=1S/C75H114ClF3N12O12/c1-9-48(2)64-68(96)80-49(3)69(97)91-35-31-59(91)71(99)87(7)61(42-51-20-11-10-12-21-51)70(98)84(4)45-62(92)81-54(29-27-52-28-30-56(57(76)40-52)75(77,78)79)44-90-34-19-26-58(90)67(95)83-74(32-17-18-33-74)73(101)88(8)65(53-24-15-16-25-53)72(100)85(5)55(46-103-47-89-36-38-102-39-37-89)43-63(93)86(6)60(66(94)82-64)41-50-22-13-14-23-50/h28,30,40,48-51,54-55,58-61,64H,9-27,29,31-39,41-47H2,1-8H3,(H,80,96)(H,81,92)(H,82,94)(H,83,95)/t48-,49-,54-,55-,58-,59-,60-,61-,64-/m0/s1. The first kappa shape index (κ1) is 80.7. The Morgan fingerprint density at radius 3 is 1.96 bits per heavy atom. The molecular weight excluding hydrogens is 1350 g/mol. The van der Waals surface area contributed by atoms with Crippen molar-refractivity contribution in [2.45, 2.75) is 248 Å². The monoisotopic (exact) mass is 1470 g/mol. The third kappa shape index (κ3) is 20.4. The fourth-order valence-electron chi connectivity index (χ4n) is 16.9. The summed E-state index contributed by atoms with van der Waals surface area (Å²) in [5.74, 6) is -5.48. The number of carbonyl (C=O) groups is 10. The van der Waals surface area contributed by atoms with Gasteiger partial charge in [0.05, 0.1) is 55.8 Å². The van der Waals surface area contributed by atoms with Crippen LogP contribution in [0.2, 0.25) is 5.02 Å². The molecule has 103 heavy (non-hydrogen) atoms. The zero-order valence-corrected chi connectivity index (χ0v) is 62.8. The van der Waals surface area contributed by atoms with Crippen molar-refractivity contribution < 1.29 is 70.6 Å². The van der Waals surface area contributed by atoms with Crippen molar-refractivity contribution in [2.24, 2.45) is 17.8 Å².